The van der Waals surface area contributed by atoms with Gasteiger partial charge in [-0.05, 0) is 57.7 Å². The Hall–Kier alpha value is -4.27. The van der Waals surface area contributed by atoms with Gasteiger partial charge in [-0.1, -0.05) is 11.6 Å². The van der Waals surface area contributed by atoms with Gasteiger partial charge in [0.05, 0.1) is 17.9 Å². The van der Waals surface area contributed by atoms with Gasteiger partial charge in [0.1, 0.15) is 29.2 Å². The number of nitrogens with one attached hydrogen (secondary N) is 2. The number of amides is 1. The van der Waals surface area contributed by atoms with Crippen molar-refractivity contribution in [2.75, 3.05) is 75.5 Å². The number of cyclic esters (lactones) is 1. The molecule has 2 aliphatic heterocycles. The first-order chi connectivity index (χ1) is 21.0. The second kappa shape index (κ2) is 13.2. The Morgan fingerprint density at radius 2 is 1.91 bits per heavy atom. The van der Waals surface area contributed by atoms with Crippen molar-refractivity contribution in [3.8, 4) is 11.3 Å². The number of Topliss-reactive ketones (excluding diaryl/α,β-unsaturated/α-hetero) is 1. The van der Waals surface area contributed by atoms with E-state index in [2.05, 4.69) is 47.6 Å². The largest absolute Gasteiger partial charge is 0.457 e. The molecule has 1 aromatic carbocycles. The minimum absolute atomic E-state index is 0.0454. The number of hydrogen-bond donors (Lipinski definition) is 2. The summed E-state index contributed by atoms with van der Waals surface area (Å²) in [6.45, 7) is 4.92. The summed E-state index contributed by atoms with van der Waals surface area (Å²) in [6.07, 6.45) is 2.28. The molecule has 3 aromatic rings. The molecule has 2 aliphatic rings. The van der Waals surface area contributed by atoms with Crippen LogP contribution in [-0.4, -0.2) is 108 Å². The highest BCUT2D eigenvalue weighted by molar-refractivity contribution is 6.30. The fourth-order valence-corrected chi connectivity index (χ4v) is 5.30. The first-order valence-corrected chi connectivity index (χ1v) is 14.4. The zero-order valence-corrected chi connectivity index (χ0v) is 25.4. The maximum atomic E-state index is 14.8. The van der Waals surface area contributed by atoms with Gasteiger partial charge in [0.15, 0.2) is 18.2 Å². The van der Waals surface area contributed by atoms with Crippen LogP contribution in [0.5, 0.6) is 0 Å². The lowest BCUT2D eigenvalue weighted by Gasteiger charge is -2.27. The first kappa shape index (κ1) is 31.2. The Morgan fingerprint density at radius 3 is 2.68 bits per heavy atom. The summed E-state index contributed by atoms with van der Waals surface area (Å²) in [5.74, 6) is -0.898. The molecule has 15 heteroatoms. The number of likely N-dealkylation sites (N-methyl/N-ethyl adjacent to an activating group) is 1. The van der Waals surface area contributed by atoms with E-state index in [0.29, 0.717) is 16.5 Å². The summed E-state index contributed by atoms with van der Waals surface area (Å²) >= 11 is 6.12. The summed E-state index contributed by atoms with van der Waals surface area (Å²) in [5, 5.41) is 14.8. The number of nitrogens with zero attached hydrogens (tertiary/aromatic N) is 7. The summed E-state index contributed by atoms with van der Waals surface area (Å²) in [5.41, 5.74) is -0.762. The molecule has 232 valence electrons. The molecule has 0 bridgehead atoms. The molecule has 0 spiro atoms. The van der Waals surface area contributed by atoms with Crippen molar-refractivity contribution in [3.63, 3.8) is 0 Å². The minimum atomic E-state index is -1.40. The topological polar surface area (TPSA) is 146 Å². The molecular formula is C29H33ClFN9O4. The molecule has 13 nitrogen and oxygen atoms in total. The lowest BCUT2D eigenvalue weighted by atomic mass is 9.87. The molecule has 2 saturated heterocycles. The number of rotatable bonds is 9. The monoisotopic (exact) mass is 625 g/mol. The van der Waals surface area contributed by atoms with Gasteiger partial charge in [-0.3, -0.25) is 19.3 Å². The number of ether oxygens (including phenoxy) is 1. The van der Waals surface area contributed by atoms with Crippen LogP contribution in [0.25, 0.3) is 11.3 Å². The lowest BCUT2D eigenvalue weighted by molar-refractivity contribution is -0.145. The van der Waals surface area contributed by atoms with Crippen LogP contribution in [0.3, 0.4) is 0 Å². The standard InChI is InChI=1S/C29H33ClFN9O4/c1-29(23(41)15-44-28(29)43)16-39(3)27-22(12-21(36-37-27)19-11-18(30)5-6-20(19)31)34-24-13-25(33-17-32-24)35-26(42)14-40-8-4-7-38(2)9-10-40/h5-6,11-13,17H,4,7-10,14-16H2,1-3H3,(H2,32,33,34,35,36,42). The quantitative estimate of drug-likeness (QED) is 0.266. The van der Waals surface area contributed by atoms with Crippen LogP contribution >= 0.6 is 11.6 Å². The molecule has 0 saturated carbocycles. The predicted molar refractivity (Wildman–Crippen MR) is 162 cm³/mol. The van der Waals surface area contributed by atoms with Crippen LogP contribution in [-0.2, 0) is 19.1 Å². The number of benzene rings is 1. The van der Waals surface area contributed by atoms with Crippen molar-refractivity contribution in [2.24, 2.45) is 5.41 Å². The van der Waals surface area contributed by atoms with E-state index in [1.165, 1.54) is 31.5 Å². The fourth-order valence-electron chi connectivity index (χ4n) is 5.13. The number of ketones is 1. The lowest BCUT2D eigenvalue weighted by Crippen LogP contribution is -2.42. The Morgan fingerprint density at radius 1 is 1.11 bits per heavy atom. The highest BCUT2D eigenvalue weighted by atomic mass is 35.5. The van der Waals surface area contributed by atoms with Gasteiger partial charge in [-0.15, -0.1) is 10.2 Å². The third-order valence-electron chi connectivity index (χ3n) is 7.67. The molecule has 4 heterocycles. The highest BCUT2D eigenvalue weighted by Crippen LogP contribution is 2.34. The number of esters is 1. The zero-order chi connectivity index (χ0) is 31.4. The Labute approximate surface area is 258 Å². The Bertz CT molecular complexity index is 1560. The molecule has 1 unspecified atom stereocenters. The normalized spacial score (nSPS) is 19.4. The molecule has 2 N–H and O–H groups in total. The van der Waals surface area contributed by atoms with E-state index in [4.69, 9.17) is 16.3 Å². The van der Waals surface area contributed by atoms with Crippen molar-refractivity contribution < 1.29 is 23.5 Å². The van der Waals surface area contributed by atoms with E-state index in [1.54, 1.807) is 24.1 Å². The minimum Gasteiger partial charge on any atom is -0.457 e. The molecule has 5 rings (SSSR count). The highest BCUT2D eigenvalue weighted by Gasteiger charge is 2.49. The molecular weight excluding hydrogens is 593 g/mol. The maximum absolute atomic E-state index is 14.8. The van der Waals surface area contributed by atoms with E-state index >= 15 is 0 Å². The fraction of sp³-hybridized carbons (Fsp3) is 0.414. The number of halogens is 2. The number of aromatic nitrogens is 4. The molecule has 0 radical (unpaired) electrons. The van der Waals surface area contributed by atoms with Crippen molar-refractivity contribution >= 4 is 52.4 Å². The van der Waals surface area contributed by atoms with Crippen molar-refractivity contribution in [3.05, 3.63) is 47.5 Å². The van der Waals surface area contributed by atoms with Crippen LogP contribution in [0.4, 0.5) is 27.5 Å². The summed E-state index contributed by atoms with van der Waals surface area (Å²) in [4.78, 5) is 52.1. The van der Waals surface area contributed by atoms with E-state index < -0.39 is 17.2 Å². The molecule has 1 atom stereocenters. The van der Waals surface area contributed by atoms with Crippen LogP contribution in [0, 0.1) is 11.2 Å². The maximum Gasteiger partial charge on any atom is 0.321 e. The second-order valence-corrected chi connectivity index (χ2v) is 11.6. The van der Waals surface area contributed by atoms with Gasteiger partial charge in [-0.25, -0.2) is 14.4 Å². The van der Waals surface area contributed by atoms with E-state index in [9.17, 15) is 18.8 Å². The Balaban J connectivity index is 1.40. The van der Waals surface area contributed by atoms with Gasteiger partial charge < -0.3 is 25.2 Å². The van der Waals surface area contributed by atoms with Crippen molar-refractivity contribution in [2.45, 2.75) is 13.3 Å². The molecule has 44 heavy (non-hydrogen) atoms. The van der Waals surface area contributed by atoms with Gasteiger partial charge in [0.25, 0.3) is 0 Å². The molecule has 2 fully saturated rings. The summed E-state index contributed by atoms with van der Waals surface area (Å²) < 4.78 is 19.7. The SMILES string of the molecule is CN1CCCN(CC(=O)Nc2cc(Nc3cc(-c4cc(Cl)ccc4F)nnc3N(C)CC3(C)C(=O)COC3=O)ncn2)CC1. The molecule has 1 amide bonds. The molecule has 2 aromatic heterocycles. The van der Waals surface area contributed by atoms with Crippen molar-refractivity contribution in [1.29, 1.82) is 0 Å². The molecule has 0 aliphatic carbocycles. The number of carbonyl (C=O) groups excluding carboxylic acids is 3. The first-order valence-electron chi connectivity index (χ1n) is 14.1. The summed E-state index contributed by atoms with van der Waals surface area (Å²) in [7, 11) is 3.71. The van der Waals surface area contributed by atoms with Crippen LogP contribution in [0.1, 0.15) is 13.3 Å². The number of carbonyl (C=O) groups is 3. The van der Waals surface area contributed by atoms with Gasteiger partial charge in [0.2, 0.25) is 5.91 Å². The average molecular weight is 626 g/mol. The van der Waals surface area contributed by atoms with E-state index in [0.717, 1.165) is 32.6 Å². The van der Waals surface area contributed by atoms with E-state index in [1.807, 2.05) is 0 Å². The van der Waals surface area contributed by atoms with Gasteiger partial charge in [0, 0.05) is 43.3 Å². The summed E-state index contributed by atoms with van der Waals surface area (Å²) in [6, 6.07) is 7.20. The average Bonchev–Trinajstić information content (AvgIpc) is 3.11. The van der Waals surface area contributed by atoms with Crippen LogP contribution in [0.15, 0.2) is 36.7 Å². The predicted octanol–water partition coefficient (Wildman–Crippen LogP) is 2.61. The van der Waals surface area contributed by atoms with Crippen LogP contribution < -0.4 is 15.5 Å². The number of hydrogen-bond acceptors (Lipinski definition) is 12. The number of anilines is 4. The smallest absolute Gasteiger partial charge is 0.321 e. The third kappa shape index (κ3) is 7.09. The van der Waals surface area contributed by atoms with Gasteiger partial charge in [-0.2, -0.15) is 0 Å². The van der Waals surface area contributed by atoms with Gasteiger partial charge >= 0.3 is 5.97 Å². The van der Waals surface area contributed by atoms with Crippen molar-refractivity contribution in [1.82, 2.24) is 30.0 Å². The third-order valence-corrected chi connectivity index (χ3v) is 7.91. The van der Waals surface area contributed by atoms with Crippen LogP contribution in [0.2, 0.25) is 5.02 Å². The zero-order valence-electron chi connectivity index (χ0n) is 24.6. The van der Waals surface area contributed by atoms with E-state index in [-0.39, 0.29) is 54.3 Å². The second-order valence-electron chi connectivity index (χ2n) is 11.2. The Kier molecular flexibility index (Phi) is 9.32.